The van der Waals surface area contributed by atoms with Crippen LogP contribution in [0, 0.1) is 5.92 Å². The molecule has 72 valence electrons. The standard InChI is InChI=1S/C9H17F2N/c1-2-8(5-7-3-4-7)12-6-9(10)11/h7-9,12H,2-6H2,1H3. The number of hydrogen-bond acceptors (Lipinski definition) is 1. The van der Waals surface area contributed by atoms with Crippen LogP contribution in [0.5, 0.6) is 0 Å². The maximum absolute atomic E-state index is 11.8. The molecule has 1 rings (SSSR count). The first-order valence-electron chi connectivity index (χ1n) is 4.74. The Labute approximate surface area is 72.5 Å². The van der Waals surface area contributed by atoms with Crippen molar-refractivity contribution in [2.75, 3.05) is 6.54 Å². The third-order valence-corrected chi connectivity index (χ3v) is 2.37. The van der Waals surface area contributed by atoms with Gasteiger partial charge in [-0.1, -0.05) is 19.8 Å². The van der Waals surface area contributed by atoms with Gasteiger partial charge in [0.15, 0.2) is 0 Å². The van der Waals surface area contributed by atoms with Gasteiger partial charge in [-0.3, -0.25) is 0 Å². The van der Waals surface area contributed by atoms with Gasteiger partial charge >= 0.3 is 0 Å². The number of halogens is 2. The molecule has 0 aromatic rings. The number of alkyl halides is 2. The molecule has 1 atom stereocenters. The first-order valence-corrected chi connectivity index (χ1v) is 4.74. The van der Waals surface area contributed by atoms with Crippen molar-refractivity contribution >= 4 is 0 Å². The molecule has 1 nitrogen and oxygen atoms in total. The topological polar surface area (TPSA) is 12.0 Å². The zero-order valence-electron chi connectivity index (χ0n) is 7.52. The maximum Gasteiger partial charge on any atom is 0.250 e. The summed E-state index contributed by atoms with van der Waals surface area (Å²) in [7, 11) is 0. The van der Waals surface area contributed by atoms with Gasteiger partial charge in [0, 0.05) is 6.04 Å². The third-order valence-electron chi connectivity index (χ3n) is 2.37. The summed E-state index contributed by atoms with van der Waals surface area (Å²) < 4.78 is 23.6. The molecule has 1 fully saturated rings. The maximum atomic E-state index is 11.8. The molecule has 0 radical (unpaired) electrons. The van der Waals surface area contributed by atoms with Gasteiger partial charge in [0.1, 0.15) is 0 Å². The van der Waals surface area contributed by atoms with Gasteiger partial charge in [0.2, 0.25) is 0 Å². The lowest BCUT2D eigenvalue weighted by molar-refractivity contribution is 0.139. The molecule has 0 heterocycles. The van der Waals surface area contributed by atoms with Crippen molar-refractivity contribution < 1.29 is 8.78 Å². The SMILES string of the molecule is CCC(CC1CC1)NCC(F)F. The predicted octanol–water partition coefficient (Wildman–Crippen LogP) is 2.42. The fourth-order valence-corrected chi connectivity index (χ4v) is 1.41. The Morgan fingerprint density at radius 2 is 2.08 bits per heavy atom. The van der Waals surface area contributed by atoms with Crippen molar-refractivity contribution in [3.63, 3.8) is 0 Å². The Morgan fingerprint density at radius 1 is 1.42 bits per heavy atom. The Morgan fingerprint density at radius 3 is 2.50 bits per heavy atom. The normalized spacial score (nSPS) is 20.0. The van der Waals surface area contributed by atoms with Crippen LogP contribution >= 0.6 is 0 Å². The Kier molecular flexibility index (Phi) is 3.92. The van der Waals surface area contributed by atoms with Crippen molar-refractivity contribution in [3.8, 4) is 0 Å². The van der Waals surface area contributed by atoms with Crippen LogP contribution in [-0.4, -0.2) is 19.0 Å². The molecule has 0 amide bonds. The zero-order chi connectivity index (χ0) is 8.97. The van der Waals surface area contributed by atoms with Crippen LogP contribution in [0.2, 0.25) is 0 Å². The molecular formula is C9H17F2N. The second-order valence-corrected chi connectivity index (χ2v) is 3.58. The molecular weight excluding hydrogens is 160 g/mol. The first-order chi connectivity index (χ1) is 5.72. The Balaban J connectivity index is 2.06. The van der Waals surface area contributed by atoms with E-state index < -0.39 is 6.43 Å². The van der Waals surface area contributed by atoms with Crippen LogP contribution in [-0.2, 0) is 0 Å². The van der Waals surface area contributed by atoms with E-state index in [1.54, 1.807) is 0 Å². The minimum Gasteiger partial charge on any atom is -0.309 e. The fraction of sp³-hybridized carbons (Fsp3) is 1.00. The lowest BCUT2D eigenvalue weighted by Crippen LogP contribution is -2.32. The Hall–Kier alpha value is -0.180. The molecule has 0 aromatic carbocycles. The lowest BCUT2D eigenvalue weighted by Gasteiger charge is -2.15. The molecule has 0 spiro atoms. The van der Waals surface area contributed by atoms with Gasteiger partial charge in [-0.05, 0) is 18.8 Å². The minimum atomic E-state index is -2.21. The van der Waals surface area contributed by atoms with E-state index >= 15 is 0 Å². The highest BCUT2D eigenvalue weighted by Crippen LogP contribution is 2.33. The minimum absolute atomic E-state index is 0.148. The fourth-order valence-electron chi connectivity index (χ4n) is 1.41. The molecule has 1 N–H and O–H groups in total. The van der Waals surface area contributed by atoms with Crippen molar-refractivity contribution in [2.45, 2.75) is 45.1 Å². The molecule has 1 saturated carbocycles. The van der Waals surface area contributed by atoms with E-state index in [0.717, 1.165) is 18.8 Å². The van der Waals surface area contributed by atoms with Crippen molar-refractivity contribution in [3.05, 3.63) is 0 Å². The van der Waals surface area contributed by atoms with E-state index in [9.17, 15) is 8.78 Å². The van der Waals surface area contributed by atoms with Crippen molar-refractivity contribution in [1.82, 2.24) is 5.32 Å². The third kappa shape index (κ3) is 4.00. The van der Waals surface area contributed by atoms with Crippen LogP contribution < -0.4 is 5.32 Å². The average Bonchev–Trinajstić information content (AvgIpc) is 2.81. The molecule has 12 heavy (non-hydrogen) atoms. The van der Waals surface area contributed by atoms with E-state index in [1.165, 1.54) is 12.8 Å². The van der Waals surface area contributed by atoms with Crippen LogP contribution in [0.15, 0.2) is 0 Å². The predicted molar refractivity (Wildman–Crippen MR) is 45.4 cm³/mol. The summed E-state index contributed by atoms with van der Waals surface area (Å²) in [5.74, 6) is 0.820. The molecule has 0 bridgehead atoms. The number of hydrogen-bond donors (Lipinski definition) is 1. The van der Waals surface area contributed by atoms with Crippen LogP contribution in [0.1, 0.15) is 32.6 Å². The highest BCUT2D eigenvalue weighted by atomic mass is 19.3. The van der Waals surface area contributed by atoms with Gasteiger partial charge in [0.25, 0.3) is 6.43 Å². The molecule has 0 aromatic heterocycles. The molecule has 1 aliphatic rings. The molecule has 1 unspecified atom stereocenters. The van der Waals surface area contributed by atoms with Gasteiger partial charge < -0.3 is 5.32 Å². The molecule has 1 aliphatic carbocycles. The molecule has 3 heteroatoms. The summed E-state index contributed by atoms with van der Waals surface area (Å²) in [6.45, 7) is 1.90. The van der Waals surface area contributed by atoms with E-state index in [-0.39, 0.29) is 6.54 Å². The summed E-state index contributed by atoms with van der Waals surface area (Å²) in [6.07, 6.45) is 2.44. The average molecular weight is 177 g/mol. The van der Waals surface area contributed by atoms with Crippen LogP contribution in [0.4, 0.5) is 8.78 Å². The highest BCUT2D eigenvalue weighted by Gasteiger charge is 2.24. The smallest absolute Gasteiger partial charge is 0.250 e. The monoisotopic (exact) mass is 177 g/mol. The van der Waals surface area contributed by atoms with Gasteiger partial charge in [0.05, 0.1) is 6.54 Å². The number of nitrogens with one attached hydrogen (secondary N) is 1. The summed E-state index contributed by atoms with van der Waals surface area (Å²) >= 11 is 0. The van der Waals surface area contributed by atoms with Gasteiger partial charge in [-0.25, -0.2) is 8.78 Å². The number of rotatable bonds is 6. The first kappa shape index (κ1) is 9.90. The molecule has 0 saturated heterocycles. The lowest BCUT2D eigenvalue weighted by atomic mass is 10.1. The second-order valence-electron chi connectivity index (χ2n) is 3.58. The van der Waals surface area contributed by atoms with Crippen LogP contribution in [0.25, 0.3) is 0 Å². The van der Waals surface area contributed by atoms with Crippen molar-refractivity contribution in [1.29, 1.82) is 0 Å². The highest BCUT2D eigenvalue weighted by molar-refractivity contribution is 4.79. The van der Waals surface area contributed by atoms with Gasteiger partial charge in [-0.2, -0.15) is 0 Å². The molecule has 0 aliphatic heterocycles. The van der Waals surface area contributed by atoms with E-state index in [1.807, 2.05) is 6.92 Å². The summed E-state index contributed by atoms with van der Waals surface area (Å²) in [4.78, 5) is 0. The second kappa shape index (κ2) is 4.75. The van der Waals surface area contributed by atoms with E-state index in [2.05, 4.69) is 5.32 Å². The Bertz CT molecular complexity index is 124. The van der Waals surface area contributed by atoms with Gasteiger partial charge in [-0.15, -0.1) is 0 Å². The largest absolute Gasteiger partial charge is 0.309 e. The summed E-state index contributed by atoms with van der Waals surface area (Å²) in [6, 6.07) is 0.312. The summed E-state index contributed by atoms with van der Waals surface area (Å²) in [5.41, 5.74) is 0. The van der Waals surface area contributed by atoms with E-state index in [0.29, 0.717) is 6.04 Å². The van der Waals surface area contributed by atoms with Crippen molar-refractivity contribution in [2.24, 2.45) is 5.92 Å². The quantitative estimate of drug-likeness (QED) is 0.657. The van der Waals surface area contributed by atoms with Crippen LogP contribution in [0.3, 0.4) is 0 Å². The van der Waals surface area contributed by atoms with E-state index in [4.69, 9.17) is 0 Å². The summed E-state index contributed by atoms with van der Waals surface area (Å²) in [5, 5.41) is 2.89. The zero-order valence-corrected chi connectivity index (χ0v) is 7.52.